The third-order valence-electron chi connectivity index (χ3n) is 2.89. The number of ether oxygens (including phenoxy) is 1. The molecule has 1 aromatic carbocycles. The first-order valence-electron chi connectivity index (χ1n) is 6.16. The largest absolute Gasteiger partial charge is 0.497 e. The monoisotopic (exact) mass is 238 g/mol. The van der Waals surface area contributed by atoms with Gasteiger partial charge in [0.25, 0.3) is 0 Å². The third-order valence-corrected chi connectivity index (χ3v) is 2.89. The van der Waals surface area contributed by atoms with E-state index in [0.717, 1.165) is 24.2 Å². The van der Waals surface area contributed by atoms with Gasteiger partial charge in [-0.2, -0.15) is 0 Å². The Balaban J connectivity index is 2.43. The van der Waals surface area contributed by atoms with Crippen molar-refractivity contribution in [1.82, 2.24) is 0 Å². The lowest BCUT2D eigenvalue weighted by atomic mass is 10.0. The van der Waals surface area contributed by atoms with Gasteiger partial charge in [0.05, 0.1) is 19.3 Å². The van der Waals surface area contributed by atoms with Gasteiger partial charge in [0.1, 0.15) is 5.75 Å². The van der Waals surface area contributed by atoms with Crippen LogP contribution in [0.3, 0.4) is 0 Å². The van der Waals surface area contributed by atoms with Gasteiger partial charge in [-0.25, -0.2) is 0 Å². The van der Waals surface area contributed by atoms with Gasteiger partial charge in [0.15, 0.2) is 0 Å². The molecule has 0 aromatic heterocycles. The molecule has 0 spiro atoms. The molecule has 0 radical (unpaired) electrons. The minimum atomic E-state index is -0.638. The molecule has 96 valence electrons. The van der Waals surface area contributed by atoms with Crippen LogP contribution in [-0.4, -0.2) is 29.5 Å². The molecule has 3 heteroatoms. The normalized spacial score (nSPS) is 14.4. The molecule has 1 aromatic rings. The molecule has 3 nitrogen and oxygen atoms in total. The number of aliphatic hydroxyl groups excluding tert-OH is 2. The molecule has 1 rings (SSSR count). The first-order valence-corrected chi connectivity index (χ1v) is 6.16. The lowest BCUT2D eigenvalue weighted by molar-refractivity contribution is 0.00980. The van der Waals surface area contributed by atoms with E-state index in [1.165, 1.54) is 0 Å². The van der Waals surface area contributed by atoms with Crippen LogP contribution < -0.4 is 4.74 Å². The van der Waals surface area contributed by atoms with E-state index in [1.54, 1.807) is 7.11 Å². The Morgan fingerprint density at radius 2 is 1.88 bits per heavy atom. The maximum Gasteiger partial charge on any atom is 0.119 e. The van der Waals surface area contributed by atoms with Crippen molar-refractivity contribution in [2.24, 2.45) is 0 Å². The minimum Gasteiger partial charge on any atom is -0.497 e. The Hall–Kier alpha value is -1.06. The van der Waals surface area contributed by atoms with Crippen molar-refractivity contribution < 1.29 is 14.9 Å². The molecular weight excluding hydrogens is 216 g/mol. The molecule has 0 saturated carbocycles. The second-order valence-electron chi connectivity index (χ2n) is 4.31. The summed E-state index contributed by atoms with van der Waals surface area (Å²) in [6.45, 7) is 2.00. The van der Waals surface area contributed by atoms with E-state index in [1.807, 2.05) is 31.2 Å². The second-order valence-corrected chi connectivity index (χ2v) is 4.31. The van der Waals surface area contributed by atoms with Gasteiger partial charge in [-0.05, 0) is 37.0 Å². The van der Waals surface area contributed by atoms with Crippen LogP contribution in [0.5, 0.6) is 5.75 Å². The van der Waals surface area contributed by atoms with E-state index in [4.69, 9.17) is 4.74 Å². The molecule has 0 aliphatic carbocycles. The van der Waals surface area contributed by atoms with Crippen LogP contribution in [0.2, 0.25) is 0 Å². The molecule has 0 amide bonds. The van der Waals surface area contributed by atoms with Gasteiger partial charge in [0.2, 0.25) is 0 Å². The summed E-state index contributed by atoms with van der Waals surface area (Å²) < 4.78 is 5.14. The zero-order chi connectivity index (χ0) is 12.7. The van der Waals surface area contributed by atoms with Gasteiger partial charge < -0.3 is 14.9 Å². The average molecular weight is 238 g/mol. The number of benzene rings is 1. The van der Waals surface area contributed by atoms with E-state index in [2.05, 4.69) is 0 Å². The fourth-order valence-corrected chi connectivity index (χ4v) is 1.82. The van der Waals surface area contributed by atoms with E-state index in [-0.39, 0.29) is 0 Å². The molecule has 0 fully saturated rings. The number of rotatable bonds is 7. The fourth-order valence-electron chi connectivity index (χ4n) is 1.82. The van der Waals surface area contributed by atoms with Crippen molar-refractivity contribution in [3.8, 4) is 5.75 Å². The van der Waals surface area contributed by atoms with Crippen LogP contribution in [0.25, 0.3) is 0 Å². The number of aliphatic hydroxyl groups is 2. The van der Waals surface area contributed by atoms with Crippen molar-refractivity contribution in [1.29, 1.82) is 0 Å². The fraction of sp³-hybridized carbons (Fsp3) is 0.571. The summed E-state index contributed by atoms with van der Waals surface area (Å²) in [7, 11) is 1.64. The molecule has 2 unspecified atom stereocenters. The molecular formula is C14H22O3. The quantitative estimate of drug-likeness (QED) is 0.765. The lowest BCUT2D eigenvalue weighted by Gasteiger charge is -2.17. The smallest absolute Gasteiger partial charge is 0.119 e. The van der Waals surface area contributed by atoms with Crippen LogP contribution in [0.15, 0.2) is 24.3 Å². The molecule has 0 bridgehead atoms. The summed E-state index contributed by atoms with van der Waals surface area (Å²) in [5, 5.41) is 19.4. The van der Waals surface area contributed by atoms with Gasteiger partial charge in [-0.1, -0.05) is 25.5 Å². The molecule has 2 N–H and O–H groups in total. The number of hydrogen-bond acceptors (Lipinski definition) is 3. The van der Waals surface area contributed by atoms with Crippen LogP contribution in [0.4, 0.5) is 0 Å². The molecule has 17 heavy (non-hydrogen) atoms. The number of methoxy groups -OCH3 is 1. The zero-order valence-electron chi connectivity index (χ0n) is 10.6. The van der Waals surface area contributed by atoms with Crippen molar-refractivity contribution in [3.63, 3.8) is 0 Å². The molecule has 0 heterocycles. The minimum absolute atomic E-state index is 0.578. The first kappa shape index (κ1) is 14.0. The molecule has 0 aliphatic rings. The highest BCUT2D eigenvalue weighted by Crippen LogP contribution is 2.16. The van der Waals surface area contributed by atoms with E-state index in [0.29, 0.717) is 12.8 Å². The molecule has 0 aliphatic heterocycles. The van der Waals surface area contributed by atoms with Crippen molar-refractivity contribution in [3.05, 3.63) is 29.8 Å². The van der Waals surface area contributed by atoms with E-state index < -0.39 is 12.2 Å². The van der Waals surface area contributed by atoms with E-state index in [9.17, 15) is 10.2 Å². The van der Waals surface area contributed by atoms with Crippen LogP contribution in [0.1, 0.15) is 31.7 Å². The summed E-state index contributed by atoms with van der Waals surface area (Å²) in [6, 6.07) is 7.79. The maximum absolute atomic E-state index is 9.76. The van der Waals surface area contributed by atoms with Gasteiger partial charge >= 0.3 is 0 Å². The summed E-state index contributed by atoms with van der Waals surface area (Å²) in [4.78, 5) is 0. The Labute approximate surface area is 103 Å². The summed E-state index contributed by atoms with van der Waals surface area (Å²) in [5.41, 5.74) is 1.12. The Bertz CT molecular complexity index is 325. The van der Waals surface area contributed by atoms with Gasteiger partial charge in [-0.15, -0.1) is 0 Å². The van der Waals surface area contributed by atoms with Crippen molar-refractivity contribution in [2.75, 3.05) is 7.11 Å². The van der Waals surface area contributed by atoms with Crippen molar-refractivity contribution in [2.45, 2.75) is 44.8 Å². The van der Waals surface area contributed by atoms with E-state index >= 15 is 0 Å². The first-order chi connectivity index (χ1) is 8.17. The summed E-state index contributed by atoms with van der Waals surface area (Å²) >= 11 is 0. The van der Waals surface area contributed by atoms with Crippen LogP contribution in [-0.2, 0) is 6.42 Å². The van der Waals surface area contributed by atoms with Crippen molar-refractivity contribution >= 4 is 0 Å². The van der Waals surface area contributed by atoms with Gasteiger partial charge in [0, 0.05) is 0 Å². The Morgan fingerprint density at radius 1 is 1.18 bits per heavy atom. The highest BCUT2D eigenvalue weighted by Gasteiger charge is 2.14. The van der Waals surface area contributed by atoms with Crippen LogP contribution >= 0.6 is 0 Å². The maximum atomic E-state index is 9.76. The third kappa shape index (κ3) is 4.75. The average Bonchev–Trinajstić information content (AvgIpc) is 2.36. The Morgan fingerprint density at radius 3 is 2.53 bits per heavy atom. The predicted octanol–water partition coefficient (Wildman–Crippen LogP) is 2.15. The highest BCUT2D eigenvalue weighted by molar-refractivity contribution is 5.28. The van der Waals surface area contributed by atoms with Gasteiger partial charge in [-0.3, -0.25) is 0 Å². The van der Waals surface area contributed by atoms with Crippen LogP contribution in [0, 0.1) is 0 Å². The summed E-state index contributed by atoms with van der Waals surface area (Å²) in [6.07, 6.45) is 1.62. The number of aryl methyl sites for hydroxylation is 1. The lowest BCUT2D eigenvalue weighted by Crippen LogP contribution is -2.26. The number of hydrogen-bond donors (Lipinski definition) is 2. The SMILES string of the molecule is CCCC(O)C(O)CCc1cccc(OC)c1. The Kier molecular flexibility index (Phi) is 6.01. The standard InChI is InChI=1S/C14H22O3/c1-3-5-13(15)14(16)9-8-11-6-4-7-12(10-11)17-2/h4,6-7,10,13-16H,3,5,8-9H2,1-2H3. The second kappa shape index (κ2) is 7.30. The molecule has 0 saturated heterocycles. The summed E-state index contributed by atoms with van der Waals surface area (Å²) in [5.74, 6) is 0.825. The zero-order valence-corrected chi connectivity index (χ0v) is 10.6. The predicted molar refractivity (Wildman–Crippen MR) is 68.2 cm³/mol. The highest BCUT2D eigenvalue weighted by atomic mass is 16.5. The topological polar surface area (TPSA) is 49.7 Å². The molecule has 2 atom stereocenters.